The Morgan fingerprint density at radius 3 is 2.53 bits per heavy atom. The third-order valence-corrected chi connectivity index (χ3v) is 3.82. The van der Waals surface area contributed by atoms with Crippen molar-refractivity contribution in [1.82, 2.24) is 4.72 Å². The van der Waals surface area contributed by atoms with Gasteiger partial charge in [-0.2, -0.15) is 0 Å². The van der Waals surface area contributed by atoms with Crippen molar-refractivity contribution in [3.63, 3.8) is 0 Å². The lowest BCUT2D eigenvalue weighted by Gasteiger charge is -2.13. The minimum atomic E-state index is -3.57. The molecule has 0 bridgehead atoms. The molecule has 6 heteroatoms. The van der Waals surface area contributed by atoms with Crippen molar-refractivity contribution >= 4 is 10.0 Å². The van der Waals surface area contributed by atoms with E-state index in [0.29, 0.717) is 5.75 Å². The first-order valence-corrected chi connectivity index (χ1v) is 6.78. The Kier molecular flexibility index (Phi) is 4.50. The fourth-order valence-electron chi connectivity index (χ4n) is 1.43. The zero-order valence-corrected chi connectivity index (χ0v) is 11.0. The van der Waals surface area contributed by atoms with Crippen molar-refractivity contribution in [2.45, 2.75) is 31.3 Å². The van der Waals surface area contributed by atoms with E-state index in [4.69, 9.17) is 10.5 Å². The van der Waals surface area contributed by atoms with Crippen LogP contribution < -0.4 is 15.2 Å². The van der Waals surface area contributed by atoms with Crippen molar-refractivity contribution in [1.29, 1.82) is 0 Å². The molecule has 0 heterocycles. The van der Waals surface area contributed by atoms with Crippen LogP contribution in [0.3, 0.4) is 0 Å². The standard InChI is InChI=1S/C11H18N2O3S/c1-8(2)13-17(14,15)11-6-9(7-12)4-5-10(11)16-3/h4-6,8,13H,7,12H2,1-3H3. The van der Waals surface area contributed by atoms with Gasteiger partial charge < -0.3 is 10.5 Å². The lowest BCUT2D eigenvalue weighted by molar-refractivity contribution is 0.402. The number of methoxy groups -OCH3 is 1. The molecule has 0 aliphatic carbocycles. The molecular weight excluding hydrogens is 240 g/mol. The molecule has 96 valence electrons. The molecular formula is C11H18N2O3S. The Morgan fingerprint density at radius 1 is 1.41 bits per heavy atom. The molecule has 0 fully saturated rings. The Hall–Kier alpha value is -1.11. The van der Waals surface area contributed by atoms with Crippen LogP contribution >= 0.6 is 0 Å². The van der Waals surface area contributed by atoms with Gasteiger partial charge in [0.1, 0.15) is 10.6 Å². The number of nitrogens with one attached hydrogen (secondary N) is 1. The second-order valence-corrected chi connectivity index (χ2v) is 5.65. The van der Waals surface area contributed by atoms with Crippen LogP contribution in [0, 0.1) is 0 Å². The molecule has 1 rings (SSSR count). The number of hydrogen-bond donors (Lipinski definition) is 2. The van der Waals surface area contributed by atoms with E-state index in [-0.39, 0.29) is 17.5 Å². The molecule has 0 atom stereocenters. The van der Waals surface area contributed by atoms with Gasteiger partial charge in [-0.3, -0.25) is 0 Å². The van der Waals surface area contributed by atoms with Crippen LogP contribution in [-0.4, -0.2) is 21.6 Å². The third-order valence-electron chi connectivity index (χ3n) is 2.14. The molecule has 0 aliphatic heterocycles. The Bertz CT molecular complexity index is 483. The molecule has 0 saturated heterocycles. The molecule has 0 unspecified atom stereocenters. The van der Waals surface area contributed by atoms with Crippen LogP contribution in [0.15, 0.2) is 23.1 Å². The molecule has 0 amide bonds. The van der Waals surface area contributed by atoms with Crippen LogP contribution in [0.5, 0.6) is 5.75 Å². The van der Waals surface area contributed by atoms with E-state index >= 15 is 0 Å². The summed E-state index contributed by atoms with van der Waals surface area (Å²) in [6, 6.07) is 4.71. The van der Waals surface area contributed by atoms with Crippen molar-refractivity contribution in [3.05, 3.63) is 23.8 Å². The molecule has 1 aromatic carbocycles. The largest absolute Gasteiger partial charge is 0.495 e. The summed E-state index contributed by atoms with van der Waals surface area (Å²) in [5, 5.41) is 0. The Balaban J connectivity index is 3.27. The van der Waals surface area contributed by atoms with Crippen LogP contribution in [0.1, 0.15) is 19.4 Å². The number of nitrogens with two attached hydrogens (primary N) is 1. The molecule has 17 heavy (non-hydrogen) atoms. The first kappa shape index (κ1) is 14.0. The van der Waals surface area contributed by atoms with Gasteiger partial charge in [0.2, 0.25) is 10.0 Å². The van der Waals surface area contributed by atoms with Crippen LogP contribution in [0.2, 0.25) is 0 Å². The second-order valence-electron chi connectivity index (χ2n) is 3.97. The highest BCUT2D eigenvalue weighted by atomic mass is 32.2. The molecule has 5 nitrogen and oxygen atoms in total. The van der Waals surface area contributed by atoms with Crippen molar-refractivity contribution in [2.75, 3.05) is 7.11 Å². The highest BCUT2D eigenvalue weighted by Crippen LogP contribution is 2.24. The fourth-order valence-corrected chi connectivity index (χ4v) is 2.90. The second kappa shape index (κ2) is 5.48. The fraction of sp³-hybridized carbons (Fsp3) is 0.455. The maximum atomic E-state index is 12.1. The minimum absolute atomic E-state index is 0.122. The highest BCUT2D eigenvalue weighted by molar-refractivity contribution is 7.89. The monoisotopic (exact) mass is 258 g/mol. The van der Waals surface area contributed by atoms with E-state index in [2.05, 4.69) is 4.72 Å². The van der Waals surface area contributed by atoms with Gasteiger partial charge in [-0.15, -0.1) is 0 Å². The zero-order valence-electron chi connectivity index (χ0n) is 10.2. The number of benzene rings is 1. The first-order valence-electron chi connectivity index (χ1n) is 5.30. The smallest absolute Gasteiger partial charge is 0.244 e. The van der Waals surface area contributed by atoms with Gasteiger partial charge in [-0.1, -0.05) is 6.07 Å². The molecule has 0 saturated carbocycles. The average molecular weight is 258 g/mol. The Morgan fingerprint density at radius 2 is 2.06 bits per heavy atom. The van der Waals surface area contributed by atoms with Crippen molar-refractivity contribution in [3.8, 4) is 5.75 Å². The van der Waals surface area contributed by atoms with Gasteiger partial charge in [-0.05, 0) is 31.5 Å². The Labute approximate surface area is 102 Å². The van der Waals surface area contributed by atoms with E-state index in [0.717, 1.165) is 5.56 Å². The lowest BCUT2D eigenvalue weighted by Crippen LogP contribution is -2.30. The molecule has 0 aliphatic rings. The summed E-state index contributed by atoms with van der Waals surface area (Å²) in [6.07, 6.45) is 0. The van der Waals surface area contributed by atoms with Gasteiger partial charge in [0, 0.05) is 12.6 Å². The number of hydrogen-bond acceptors (Lipinski definition) is 4. The normalized spacial score (nSPS) is 11.8. The summed E-state index contributed by atoms with van der Waals surface area (Å²) >= 11 is 0. The van der Waals surface area contributed by atoms with Crippen LogP contribution in [-0.2, 0) is 16.6 Å². The van der Waals surface area contributed by atoms with E-state index in [1.54, 1.807) is 26.0 Å². The predicted octanol–water partition coefficient (Wildman–Crippen LogP) is 0.841. The van der Waals surface area contributed by atoms with E-state index in [9.17, 15) is 8.42 Å². The summed E-state index contributed by atoms with van der Waals surface area (Å²) in [5.41, 5.74) is 6.24. The van der Waals surface area contributed by atoms with Gasteiger partial charge in [0.05, 0.1) is 7.11 Å². The first-order chi connectivity index (χ1) is 7.90. The summed E-state index contributed by atoms with van der Waals surface area (Å²) < 4.78 is 31.7. The van der Waals surface area contributed by atoms with Gasteiger partial charge in [0.25, 0.3) is 0 Å². The summed E-state index contributed by atoms with van der Waals surface area (Å²) in [7, 11) is -2.13. The number of ether oxygens (including phenoxy) is 1. The number of sulfonamides is 1. The highest BCUT2D eigenvalue weighted by Gasteiger charge is 2.20. The molecule has 0 spiro atoms. The minimum Gasteiger partial charge on any atom is -0.495 e. The van der Waals surface area contributed by atoms with Crippen LogP contribution in [0.25, 0.3) is 0 Å². The SMILES string of the molecule is COc1ccc(CN)cc1S(=O)(=O)NC(C)C. The van der Waals surface area contributed by atoms with Crippen molar-refractivity contribution < 1.29 is 13.2 Å². The predicted molar refractivity (Wildman–Crippen MR) is 66.3 cm³/mol. The van der Waals surface area contributed by atoms with Gasteiger partial charge in [0.15, 0.2) is 0 Å². The molecule has 3 N–H and O–H groups in total. The van der Waals surface area contributed by atoms with E-state index in [1.165, 1.54) is 13.2 Å². The van der Waals surface area contributed by atoms with E-state index < -0.39 is 10.0 Å². The molecule has 0 radical (unpaired) electrons. The summed E-state index contributed by atoms with van der Waals surface area (Å²) in [5.74, 6) is 0.315. The third kappa shape index (κ3) is 3.42. The summed E-state index contributed by atoms with van der Waals surface area (Å²) in [4.78, 5) is 0.122. The maximum Gasteiger partial charge on any atom is 0.244 e. The van der Waals surface area contributed by atoms with E-state index in [1.807, 2.05) is 0 Å². The topological polar surface area (TPSA) is 81.4 Å². The number of rotatable bonds is 5. The zero-order chi connectivity index (χ0) is 13.1. The van der Waals surface area contributed by atoms with Crippen LogP contribution in [0.4, 0.5) is 0 Å². The lowest BCUT2D eigenvalue weighted by atomic mass is 10.2. The maximum absolute atomic E-state index is 12.1. The van der Waals surface area contributed by atoms with Gasteiger partial charge in [-0.25, -0.2) is 13.1 Å². The average Bonchev–Trinajstić information content (AvgIpc) is 2.26. The van der Waals surface area contributed by atoms with Gasteiger partial charge >= 0.3 is 0 Å². The quantitative estimate of drug-likeness (QED) is 0.820. The molecule has 1 aromatic rings. The van der Waals surface area contributed by atoms with Crippen molar-refractivity contribution in [2.24, 2.45) is 5.73 Å². The summed E-state index contributed by atoms with van der Waals surface area (Å²) in [6.45, 7) is 3.81. The molecule has 0 aromatic heterocycles.